The van der Waals surface area contributed by atoms with E-state index in [0.717, 1.165) is 25.2 Å². The minimum atomic E-state index is 0.382. The maximum Gasteiger partial charge on any atom is 0.0991 e. The van der Waals surface area contributed by atoms with Gasteiger partial charge in [0.1, 0.15) is 0 Å². The first-order chi connectivity index (χ1) is 8.20. The smallest absolute Gasteiger partial charge is 0.0991 e. The normalized spacial score (nSPS) is 23.0. The Morgan fingerprint density at radius 2 is 2.35 bits per heavy atom. The molecule has 1 saturated heterocycles. The van der Waals surface area contributed by atoms with E-state index < -0.39 is 0 Å². The quantitative estimate of drug-likeness (QED) is 0.842. The fourth-order valence-electron chi connectivity index (χ4n) is 2.39. The number of piperazine rings is 1. The predicted octanol–water partition coefficient (Wildman–Crippen LogP) is 1.91. The van der Waals surface area contributed by atoms with Crippen LogP contribution in [0.4, 0.5) is 0 Å². The molecule has 3 nitrogen and oxygen atoms in total. The van der Waals surface area contributed by atoms with E-state index in [0.29, 0.717) is 12.1 Å². The number of nitriles is 1. The van der Waals surface area contributed by atoms with Gasteiger partial charge in [0.25, 0.3) is 0 Å². The molecule has 0 aliphatic carbocycles. The zero-order chi connectivity index (χ0) is 12.3. The monoisotopic (exact) mass is 229 g/mol. The van der Waals surface area contributed by atoms with Gasteiger partial charge in [-0.05, 0) is 31.5 Å². The molecule has 1 heterocycles. The van der Waals surface area contributed by atoms with Crippen molar-refractivity contribution in [2.75, 3.05) is 19.6 Å². The Labute approximate surface area is 103 Å². The minimum Gasteiger partial charge on any atom is -0.312 e. The summed E-state index contributed by atoms with van der Waals surface area (Å²) in [6.07, 6.45) is 0. The van der Waals surface area contributed by atoms with Gasteiger partial charge in [0.2, 0.25) is 0 Å². The van der Waals surface area contributed by atoms with Gasteiger partial charge in [-0.25, -0.2) is 0 Å². The first-order valence-electron chi connectivity index (χ1n) is 6.18. The first kappa shape index (κ1) is 12.1. The molecule has 0 amide bonds. The zero-order valence-corrected chi connectivity index (χ0v) is 10.5. The molecule has 3 heteroatoms. The Balaban J connectivity index is 2.13. The molecule has 1 aromatic carbocycles. The molecule has 0 saturated carbocycles. The molecule has 1 aliphatic rings. The predicted molar refractivity (Wildman–Crippen MR) is 68.6 cm³/mol. The third-order valence-electron chi connectivity index (χ3n) is 3.45. The summed E-state index contributed by atoms with van der Waals surface area (Å²) in [7, 11) is 0. The van der Waals surface area contributed by atoms with E-state index in [9.17, 15) is 0 Å². The molecule has 2 rings (SSSR count). The number of nitrogens with one attached hydrogen (secondary N) is 1. The molecule has 0 bridgehead atoms. The number of hydrogen-bond acceptors (Lipinski definition) is 3. The van der Waals surface area contributed by atoms with Crippen molar-refractivity contribution in [2.45, 2.75) is 25.9 Å². The lowest BCUT2D eigenvalue weighted by Gasteiger charge is -2.36. The van der Waals surface area contributed by atoms with E-state index >= 15 is 0 Å². The molecular weight excluding hydrogens is 210 g/mol. The molecule has 1 N–H and O–H groups in total. The van der Waals surface area contributed by atoms with Crippen molar-refractivity contribution < 1.29 is 0 Å². The van der Waals surface area contributed by atoms with Gasteiger partial charge in [0, 0.05) is 31.7 Å². The third kappa shape index (κ3) is 2.85. The van der Waals surface area contributed by atoms with Crippen LogP contribution < -0.4 is 5.32 Å². The Hall–Kier alpha value is -1.37. The van der Waals surface area contributed by atoms with Crippen molar-refractivity contribution in [1.82, 2.24) is 10.2 Å². The van der Waals surface area contributed by atoms with Crippen LogP contribution in [0.15, 0.2) is 24.3 Å². The second-order valence-electron chi connectivity index (χ2n) is 4.76. The Kier molecular flexibility index (Phi) is 3.78. The Morgan fingerprint density at radius 1 is 1.53 bits per heavy atom. The third-order valence-corrected chi connectivity index (χ3v) is 3.45. The van der Waals surface area contributed by atoms with Gasteiger partial charge >= 0.3 is 0 Å². The first-order valence-corrected chi connectivity index (χ1v) is 6.18. The molecule has 2 atom stereocenters. The molecule has 2 unspecified atom stereocenters. The largest absolute Gasteiger partial charge is 0.312 e. The van der Waals surface area contributed by atoms with E-state index in [1.807, 2.05) is 18.2 Å². The Morgan fingerprint density at radius 3 is 3.06 bits per heavy atom. The summed E-state index contributed by atoms with van der Waals surface area (Å²) < 4.78 is 0. The lowest BCUT2D eigenvalue weighted by Crippen LogP contribution is -2.49. The number of benzene rings is 1. The summed E-state index contributed by atoms with van der Waals surface area (Å²) in [5.74, 6) is 0. The average molecular weight is 229 g/mol. The number of nitrogens with zero attached hydrogens (tertiary/aromatic N) is 2. The second kappa shape index (κ2) is 5.31. The molecular formula is C14H19N3. The van der Waals surface area contributed by atoms with Gasteiger partial charge in [-0.2, -0.15) is 5.26 Å². The van der Waals surface area contributed by atoms with Crippen LogP contribution in [0.5, 0.6) is 0 Å². The van der Waals surface area contributed by atoms with Crippen molar-refractivity contribution in [3.63, 3.8) is 0 Å². The maximum atomic E-state index is 8.92. The molecule has 17 heavy (non-hydrogen) atoms. The summed E-state index contributed by atoms with van der Waals surface area (Å²) >= 11 is 0. The van der Waals surface area contributed by atoms with Crippen LogP contribution in [0, 0.1) is 11.3 Å². The van der Waals surface area contributed by atoms with Gasteiger partial charge in [-0.1, -0.05) is 12.1 Å². The minimum absolute atomic E-state index is 0.382. The van der Waals surface area contributed by atoms with Gasteiger partial charge in [0.15, 0.2) is 0 Å². The standard InChI is InChI=1S/C14H19N3/c1-11-10-17(7-6-16-11)12(2)14-5-3-4-13(8-14)9-15/h3-5,8,11-12,16H,6-7,10H2,1-2H3. The molecule has 90 valence electrons. The van der Waals surface area contributed by atoms with E-state index in [4.69, 9.17) is 5.26 Å². The van der Waals surface area contributed by atoms with Crippen LogP contribution in [0.1, 0.15) is 31.0 Å². The highest BCUT2D eigenvalue weighted by Crippen LogP contribution is 2.22. The number of rotatable bonds is 2. The van der Waals surface area contributed by atoms with Crippen LogP contribution in [-0.2, 0) is 0 Å². The van der Waals surface area contributed by atoms with Crippen molar-refractivity contribution in [3.05, 3.63) is 35.4 Å². The number of hydrogen-bond donors (Lipinski definition) is 1. The highest BCUT2D eigenvalue weighted by Gasteiger charge is 2.21. The topological polar surface area (TPSA) is 39.1 Å². The van der Waals surface area contributed by atoms with Crippen molar-refractivity contribution >= 4 is 0 Å². The fourth-order valence-corrected chi connectivity index (χ4v) is 2.39. The average Bonchev–Trinajstić information content (AvgIpc) is 2.38. The molecule has 1 fully saturated rings. The van der Waals surface area contributed by atoms with Crippen molar-refractivity contribution in [2.24, 2.45) is 0 Å². The lowest BCUT2D eigenvalue weighted by atomic mass is 10.0. The SMILES string of the molecule is CC1CN(C(C)c2cccc(C#N)c2)CCN1. The molecule has 0 aromatic heterocycles. The van der Waals surface area contributed by atoms with Crippen molar-refractivity contribution in [3.8, 4) is 6.07 Å². The van der Waals surface area contributed by atoms with Crippen LogP contribution >= 0.6 is 0 Å². The van der Waals surface area contributed by atoms with E-state index in [1.165, 1.54) is 5.56 Å². The van der Waals surface area contributed by atoms with Gasteiger partial charge in [-0.3, -0.25) is 4.90 Å². The summed E-state index contributed by atoms with van der Waals surface area (Å²) in [5, 5.41) is 12.4. The molecule has 1 aromatic rings. The van der Waals surface area contributed by atoms with Gasteiger partial charge < -0.3 is 5.32 Å². The Bertz CT molecular complexity index is 422. The summed E-state index contributed by atoms with van der Waals surface area (Å²) in [6.45, 7) is 7.61. The van der Waals surface area contributed by atoms with E-state index in [2.05, 4.69) is 36.2 Å². The van der Waals surface area contributed by atoms with E-state index in [1.54, 1.807) is 0 Å². The highest BCUT2D eigenvalue weighted by atomic mass is 15.2. The fraction of sp³-hybridized carbons (Fsp3) is 0.500. The summed E-state index contributed by atoms with van der Waals surface area (Å²) in [6, 6.07) is 11.1. The zero-order valence-electron chi connectivity index (χ0n) is 10.5. The second-order valence-corrected chi connectivity index (χ2v) is 4.76. The van der Waals surface area contributed by atoms with Gasteiger partial charge in [0.05, 0.1) is 11.6 Å². The molecule has 0 spiro atoms. The van der Waals surface area contributed by atoms with E-state index in [-0.39, 0.29) is 0 Å². The molecule has 0 radical (unpaired) electrons. The summed E-state index contributed by atoms with van der Waals surface area (Å²) in [5.41, 5.74) is 1.98. The van der Waals surface area contributed by atoms with Crippen LogP contribution in [-0.4, -0.2) is 30.6 Å². The van der Waals surface area contributed by atoms with Crippen LogP contribution in [0.25, 0.3) is 0 Å². The lowest BCUT2D eigenvalue weighted by molar-refractivity contribution is 0.158. The van der Waals surface area contributed by atoms with Crippen LogP contribution in [0.2, 0.25) is 0 Å². The van der Waals surface area contributed by atoms with Crippen molar-refractivity contribution in [1.29, 1.82) is 5.26 Å². The van der Waals surface area contributed by atoms with Gasteiger partial charge in [-0.15, -0.1) is 0 Å². The summed E-state index contributed by atoms with van der Waals surface area (Å²) in [4.78, 5) is 2.47. The molecule has 1 aliphatic heterocycles. The highest BCUT2D eigenvalue weighted by molar-refractivity contribution is 5.34. The van der Waals surface area contributed by atoms with Crippen LogP contribution in [0.3, 0.4) is 0 Å². The maximum absolute atomic E-state index is 8.92.